The fraction of sp³-hybridized carbons (Fsp3) is 0.286. The molecular formula is C14H14FN3O. The van der Waals surface area contributed by atoms with Crippen LogP contribution < -0.4 is 5.32 Å². The largest absolute Gasteiger partial charge is 0.309 e. The fourth-order valence-corrected chi connectivity index (χ4v) is 2.43. The van der Waals surface area contributed by atoms with E-state index in [0.29, 0.717) is 11.4 Å². The van der Waals surface area contributed by atoms with E-state index in [2.05, 4.69) is 15.5 Å². The van der Waals surface area contributed by atoms with Crippen LogP contribution in [0, 0.1) is 5.82 Å². The molecule has 1 heterocycles. The molecule has 1 aromatic heterocycles. The molecule has 1 aliphatic carbocycles. The Morgan fingerprint density at radius 1 is 1.42 bits per heavy atom. The number of nitrogens with zero attached hydrogens (tertiary/aromatic N) is 1. The quantitative estimate of drug-likeness (QED) is 0.888. The summed E-state index contributed by atoms with van der Waals surface area (Å²) in [7, 11) is 0. The van der Waals surface area contributed by atoms with Crippen molar-refractivity contribution in [2.45, 2.75) is 25.7 Å². The minimum absolute atomic E-state index is 0.152. The zero-order chi connectivity index (χ0) is 13.2. The molecular weight excluding hydrogens is 245 g/mol. The summed E-state index contributed by atoms with van der Waals surface area (Å²) in [6.45, 7) is 0. The normalized spacial score (nSPS) is 13.3. The molecule has 0 unspecified atom stereocenters. The number of hydrogen-bond donors (Lipinski definition) is 2. The van der Waals surface area contributed by atoms with Crippen molar-refractivity contribution >= 4 is 11.7 Å². The number of hydrogen-bond acceptors (Lipinski definition) is 2. The first-order valence-electron chi connectivity index (χ1n) is 6.33. The van der Waals surface area contributed by atoms with Gasteiger partial charge >= 0.3 is 0 Å². The Kier molecular flexibility index (Phi) is 3.03. The average molecular weight is 259 g/mol. The van der Waals surface area contributed by atoms with Gasteiger partial charge in [0.15, 0.2) is 5.82 Å². The molecule has 0 spiro atoms. The van der Waals surface area contributed by atoms with Crippen LogP contribution in [0.2, 0.25) is 0 Å². The van der Waals surface area contributed by atoms with E-state index in [1.54, 1.807) is 12.1 Å². The van der Waals surface area contributed by atoms with Crippen LogP contribution in [0.15, 0.2) is 24.3 Å². The number of halogens is 1. The summed E-state index contributed by atoms with van der Waals surface area (Å²) in [5.74, 6) is 0.117. The summed E-state index contributed by atoms with van der Waals surface area (Å²) in [4.78, 5) is 11.9. The van der Waals surface area contributed by atoms with Crippen LogP contribution >= 0.6 is 0 Å². The van der Waals surface area contributed by atoms with Crippen LogP contribution in [0.4, 0.5) is 10.2 Å². The number of benzene rings is 1. The van der Waals surface area contributed by atoms with Crippen LogP contribution in [-0.2, 0) is 24.1 Å². The Morgan fingerprint density at radius 3 is 3.16 bits per heavy atom. The van der Waals surface area contributed by atoms with Crippen LogP contribution in [0.1, 0.15) is 23.2 Å². The van der Waals surface area contributed by atoms with Gasteiger partial charge in [-0.3, -0.25) is 9.89 Å². The molecule has 0 saturated heterocycles. The second-order valence-electron chi connectivity index (χ2n) is 4.74. The van der Waals surface area contributed by atoms with Gasteiger partial charge in [-0.15, -0.1) is 0 Å². The standard InChI is InChI=1S/C14H14FN3O/c15-10-4-1-3-9(7-10)8-13(19)16-14-11-5-2-6-12(11)17-18-14/h1,3-4,7H,2,5-6,8H2,(H2,16,17,18,19). The highest BCUT2D eigenvalue weighted by atomic mass is 19.1. The highest BCUT2D eigenvalue weighted by Crippen LogP contribution is 2.26. The number of fused-ring (bicyclic) bond motifs is 1. The average Bonchev–Trinajstić information content (AvgIpc) is 2.94. The van der Waals surface area contributed by atoms with Gasteiger partial charge in [-0.25, -0.2) is 4.39 Å². The predicted octanol–water partition coefficient (Wildman–Crippen LogP) is 2.22. The zero-order valence-electron chi connectivity index (χ0n) is 10.4. The Morgan fingerprint density at radius 2 is 2.32 bits per heavy atom. The Balaban J connectivity index is 1.68. The highest BCUT2D eigenvalue weighted by Gasteiger charge is 2.19. The molecule has 1 amide bonds. The van der Waals surface area contributed by atoms with Gasteiger partial charge in [0, 0.05) is 11.3 Å². The molecule has 4 nitrogen and oxygen atoms in total. The first-order chi connectivity index (χ1) is 9.22. The number of nitrogens with one attached hydrogen (secondary N) is 2. The van der Waals surface area contributed by atoms with Crippen molar-refractivity contribution in [3.8, 4) is 0 Å². The number of carbonyl (C=O) groups is 1. The Bertz CT molecular complexity index is 621. The highest BCUT2D eigenvalue weighted by molar-refractivity contribution is 5.92. The molecule has 1 aromatic carbocycles. The SMILES string of the molecule is O=C(Cc1cccc(F)c1)Nc1n[nH]c2c1CCC2. The lowest BCUT2D eigenvalue weighted by Crippen LogP contribution is -2.15. The van der Waals surface area contributed by atoms with Gasteiger partial charge in [0.2, 0.25) is 5.91 Å². The maximum Gasteiger partial charge on any atom is 0.230 e. The number of aromatic amines is 1. The van der Waals surface area contributed by atoms with E-state index >= 15 is 0 Å². The van der Waals surface area contributed by atoms with Crippen molar-refractivity contribution in [2.75, 3.05) is 5.32 Å². The van der Waals surface area contributed by atoms with E-state index in [1.165, 1.54) is 12.1 Å². The molecule has 0 fully saturated rings. The van der Waals surface area contributed by atoms with Gasteiger partial charge in [-0.2, -0.15) is 5.10 Å². The molecule has 0 radical (unpaired) electrons. The molecule has 3 rings (SSSR count). The van der Waals surface area contributed by atoms with E-state index in [1.807, 2.05) is 0 Å². The molecule has 5 heteroatoms. The first kappa shape index (κ1) is 11.9. The van der Waals surface area contributed by atoms with Gasteiger partial charge in [0.1, 0.15) is 5.82 Å². The van der Waals surface area contributed by atoms with Gasteiger partial charge in [-0.05, 0) is 37.0 Å². The molecule has 2 N–H and O–H groups in total. The molecule has 2 aromatic rings. The van der Waals surface area contributed by atoms with Crippen LogP contribution in [0.3, 0.4) is 0 Å². The van der Waals surface area contributed by atoms with E-state index in [4.69, 9.17) is 0 Å². The number of H-pyrrole nitrogens is 1. The lowest BCUT2D eigenvalue weighted by Gasteiger charge is -2.04. The predicted molar refractivity (Wildman–Crippen MR) is 69.3 cm³/mol. The first-order valence-corrected chi connectivity index (χ1v) is 6.33. The van der Waals surface area contributed by atoms with E-state index in [9.17, 15) is 9.18 Å². The number of anilines is 1. The van der Waals surface area contributed by atoms with Crippen LogP contribution in [-0.4, -0.2) is 16.1 Å². The molecule has 1 aliphatic rings. The van der Waals surface area contributed by atoms with E-state index in [-0.39, 0.29) is 18.1 Å². The van der Waals surface area contributed by atoms with E-state index < -0.39 is 0 Å². The summed E-state index contributed by atoms with van der Waals surface area (Å²) < 4.78 is 13.0. The number of carbonyl (C=O) groups excluding carboxylic acids is 1. The third-order valence-corrected chi connectivity index (χ3v) is 3.32. The van der Waals surface area contributed by atoms with Crippen molar-refractivity contribution < 1.29 is 9.18 Å². The monoisotopic (exact) mass is 259 g/mol. The van der Waals surface area contributed by atoms with Crippen molar-refractivity contribution in [3.05, 3.63) is 46.9 Å². The minimum atomic E-state index is -0.328. The van der Waals surface area contributed by atoms with Crippen molar-refractivity contribution in [1.82, 2.24) is 10.2 Å². The zero-order valence-corrected chi connectivity index (χ0v) is 10.4. The van der Waals surface area contributed by atoms with E-state index in [0.717, 1.165) is 30.5 Å². The maximum absolute atomic E-state index is 13.0. The van der Waals surface area contributed by atoms with Gasteiger partial charge in [0.05, 0.1) is 6.42 Å². The summed E-state index contributed by atoms with van der Waals surface area (Å²) >= 11 is 0. The Labute approximate surface area is 110 Å². The molecule has 0 saturated carbocycles. The second-order valence-corrected chi connectivity index (χ2v) is 4.74. The topological polar surface area (TPSA) is 57.8 Å². The van der Waals surface area contributed by atoms with Gasteiger partial charge < -0.3 is 5.32 Å². The minimum Gasteiger partial charge on any atom is -0.309 e. The van der Waals surface area contributed by atoms with Gasteiger partial charge in [0.25, 0.3) is 0 Å². The second kappa shape index (κ2) is 4.84. The summed E-state index contributed by atoms with van der Waals surface area (Å²) in [5, 5.41) is 9.83. The number of aryl methyl sites for hydroxylation is 1. The maximum atomic E-state index is 13.0. The number of amides is 1. The smallest absolute Gasteiger partial charge is 0.230 e. The molecule has 0 atom stereocenters. The van der Waals surface area contributed by atoms with Gasteiger partial charge in [-0.1, -0.05) is 12.1 Å². The summed E-state index contributed by atoms with van der Waals surface area (Å²) in [5.41, 5.74) is 2.87. The van der Waals surface area contributed by atoms with Crippen LogP contribution in [0.25, 0.3) is 0 Å². The third-order valence-electron chi connectivity index (χ3n) is 3.32. The molecule has 0 bridgehead atoms. The van der Waals surface area contributed by atoms with Crippen molar-refractivity contribution in [2.24, 2.45) is 0 Å². The Hall–Kier alpha value is -2.17. The summed E-state index contributed by atoms with van der Waals surface area (Å²) in [6.07, 6.45) is 3.18. The summed E-state index contributed by atoms with van der Waals surface area (Å²) in [6, 6.07) is 6.07. The van der Waals surface area contributed by atoms with Crippen LogP contribution in [0.5, 0.6) is 0 Å². The fourth-order valence-electron chi connectivity index (χ4n) is 2.43. The third kappa shape index (κ3) is 2.50. The molecule has 0 aliphatic heterocycles. The van der Waals surface area contributed by atoms with Crippen molar-refractivity contribution in [3.63, 3.8) is 0 Å². The molecule has 19 heavy (non-hydrogen) atoms. The van der Waals surface area contributed by atoms with Crippen molar-refractivity contribution in [1.29, 1.82) is 0 Å². The number of aromatic nitrogens is 2. The lowest BCUT2D eigenvalue weighted by molar-refractivity contribution is -0.115. The lowest BCUT2D eigenvalue weighted by atomic mass is 10.1. The molecule has 98 valence electrons. The number of rotatable bonds is 3.